The van der Waals surface area contributed by atoms with Gasteiger partial charge in [0.2, 0.25) is 0 Å². The predicted molar refractivity (Wildman–Crippen MR) is 48.3 cm³/mol. The zero-order valence-corrected chi connectivity index (χ0v) is 7.96. The lowest BCUT2D eigenvalue weighted by molar-refractivity contribution is 1.39. The van der Waals surface area contributed by atoms with Gasteiger partial charge in [0, 0.05) is 4.47 Å². The molecular weight excluding hydrogens is 230 g/mol. The van der Waals surface area contributed by atoms with Crippen LogP contribution in [0.15, 0.2) is 16.6 Å². The first kappa shape index (κ1) is 9.26. The molecule has 0 atom stereocenters. The minimum atomic E-state index is 0.224. The highest BCUT2D eigenvalue weighted by Gasteiger charge is 2.06. The Hall–Kier alpha value is -1.83. The van der Waals surface area contributed by atoms with Crippen LogP contribution in [0.1, 0.15) is 16.7 Å². The quantitative estimate of drug-likeness (QED) is 0.687. The van der Waals surface area contributed by atoms with Crippen LogP contribution in [0.25, 0.3) is 0 Å². The second kappa shape index (κ2) is 3.72. The molecule has 0 saturated carbocycles. The summed E-state index contributed by atoms with van der Waals surface area (Å²) in [4.78, 5) is 0. The Morgan fingerprint density at radius 3 is 1.77 bits per heavy atom. The fourth-order valence-electron chi connectivity index (χ4n) is 0.844. The number of nitriles is 3. The van der Waals surface area contributed by atoms with E-state index in [4.69, 9.17) is 15.8 Å². The molecule has 0 N–H and O–H groups in total. The van der Waals surface area contributed by atoms with Gasteiger partial charge in [0.15, 0.2) is 0 Å². The molecule has 0 heterocycles. The van der Waals surface area contributed by atoms with Gasteiger partial charge < -0.3 is 0 Å². The molecule has 0 aromatic heterocycles. The summed E-state index contributed by atoms with van der Waals surface area (Å²) < 4.78 is 0.533. The average molecular weight is 232 g/mol. The van der Waals surface area contributed by atoms with Gasteiger partial charge in [-0.25, -0.2) is 0 Å². The van der Waals surface area contributed by atoms with Gasteiger partial charge in [-0.15, -0.1) is 0 Å². The summed E-state index contributed by atoms with van der Waals surface area (Å²) in [5, 5.41) is 25.9. The lowest BCUT2D eigenvalue weighted by atomic mass is 10.1. The van der Waals surface area contributed by atoms with Crippen LogP contribution in [0.3, 0.4) is 0 Å². The Kier molecular flexibility index (Phi) is 2.65. The van der Waals surface area contributed by atoms with Gasteiger partial charge in [-0.05, 0) is 28.1 Å². The predicted octanol–water partition coefficient (Wildman–Crippen LogP) is 2.06. The highest BCUT2D eigenvalue weighted by Crippen LogP contribution is 2.20. The third kappa shape index (κ3) is 1.67. The van der Waals surface area contributed by atoms with Gasteiger partial charge in [-0.3, -0.25) is 0 Å². The highest BCUT2D eigenvalue weighted by atomic mass is 79.9. The van der Waals surface area contributed by atoms with Crippen molar-refractivity contribution in [2.24, 2.45) is 0 Å². The van der Waals surface area contributed by atoms with Crippen molar-refractivity contribution in [3.05, 3.63) is 33.3 Å². The molecule has 0 unspecified atom stereocenters. The molecule has 1 aromatic rings. The third-order valence-electron chi connectivity index (χ3n) is 1.47. The summed E-state index contributed by atoms with van der Waals surface area (Å²) in [7, 11) is 0. The Morgan fingerprint density at radius 2 is 1.31 bits per heavy atom. The van der Waals surface area contributed by atoms with Gasteiger partial charge in [-0.1, -0.05) is 0 Å². The van der Waals surface area contributed by atoms with Crippen molar-refractivity contribution in [1.82, 2.24) is 0 Å². The molecule has 0 radical (unpaired) electrons. The molecule has 13 heavy (non-hydrogen) atoms. The summed E-state index contributed by atoms with van der Waals surface area (Å²) in [6, 6.07) is 8.51. The Balaban J connectivity index is 3.51. The molecule has 0 aliphatic rings. The number of halogens is 1. The molecule has 1 aromatic carbocycles. The van der Waals surface area contributed by atoms with Crippen LogP contribution in [-0.4, -0.2) is 0 Å². The molecule has 0 spiro atoms. The molecule has 4 heteroatoms. The first-order valence-electron chi connectivity index (χ1n) is 3.26. The fourth-order valence-corrected chi connectivity index (χ4v) is 1.28. The maximum atomic E-state index is 8.63. The summed E-state index contributed by atoms with van der Waals surface area (Å²) >= 11 is 3.13. The standard InChI is InChI=1S/C9H2BrN3/c10-9-2-7(4-12)6(3-11)1-8(9)5-13/h1-2H. The van der Waals surface area contributed by atoms with E-state index in [1.807, 2.05) is 18.2 Å². The van der Waals surface area contributed by atoms with Gasteiger partial charge in [0.25, 0.3) is 0 Å². The fraction of sp³-hybridized carbons (Fsp3) is 0. The van der Waals surface area contributed by atoms with Crippen LogP contribution in [0.4, 0.5) is 0 Å². The van der Waals surface area contributed by atoms with Crippen molar-refractivity contribution in [3.8, 4) is 18.2 Å². The maximum Gasteiger partial charge on any atom is 0.101 e. The lowest BCUT2D eigenvalue weighted by Crippen LogP contribution is -1.87. The maximum absolute atomic E-state index is 8.63. The molecular formula is C9H2BrN3. The molecule has 0 saturated heterocycles. The number of hydrogen-bond acceptors (Lipinski definition) is 3. The van der Waals surface area contributed by atoms with E-state index in [9.17, 15) is 0 Å². The first-order valence-corrected chi connectivity index (χ1v) is 4.06. The van der Waals surface area contributed by atoms with Crippen LogP contribution >= 0.6 is 15.9 Å². The topological polar surface area (TPSA) is 71.4 Å². The Bertz CT molecular complexity index is 471. The first-order chi connectivity index (χ1) is 6.22. The second-order valence-electron chi connectivity index (χ2n) is 2.21. The van der Waals surface area contributed by atoms with Gasteiger partial charge in [0.1, 0.15) is 18.2 Å². The van der Waals surface area contributed by atoms with E-state index >= 15 is 0 Å². The SMILES string of the molecule is N#Cc1cc(C#N)c(C#N)cc1Br. The van der Waals surface area contributed by atoms with E-state index < -0.39 is 0 Å². The van der Waals surface area contributed by atoms with E-state index in [-0.39, 0.29) is 11.1 Å². The lowest BCUT2D eigenvalue weighted by Gasteiger charge is -1.97. The van der Waals surface area contributed by atoms with Gasteiger partial charge >= 0.3 is 0 Å². The van der Waals surface area contributed by atoms with E-state index in [2.05, 4.69) is 15.9 Å². The largest absolute Gasteiger partial charge is 0.192 e. The molecule has 0 bridgehead atoms. The summed E-state index contributed by atoms with van der Waals surface area (Å²) in [5.74, 6) is 0. The van der Waals surface area contributed by atoms with Crippen molar-refractivity contribution < 1.29 is 0 Å². The van der Waals surface area contributed by atoms with Crippen molar-refractivity contribution in [2.45, 2.75) is 0 Å². The zero-order valence-electron chi connectivity index (χ0n) is 6.37. The zero-order chi connectivity index (χ0) is 9.84. The molecule has 0 amide bonds. The van der Waals surface area contributed by atoms with Crippen LogP contribution in [0.5, 0.6) is 0 Å². The molecule has 0 aliphatic carbocycles. The number of hydrogen-bond donors (Lipinski definition) is 0. The summed E-state index contributed by atoms with van der Waals surface area (Å²) in [6.45, 7) is 0. The number of nitrogens with zero attached hydrogens (tertiary/aromatic N) is 3. The monoisotopic (exact) mass is 231 g/mol. The summed E-state index contributed by atoms with van der Waals surface area (Å²) in [5.41, 5.74) is 0.853. The van der Waals surface area contributed by atoms with E-state index in [0.29, 0.717) is 10.0 Å². The smallest absolute Gasteiger partial charge is 0.101 e. The van der Waals surface area contributed by atoms with Crippen molar-refractivity contribution in [2.75, 3.05) is 0 Å². The Labute approximate surface area is 83.6 Å². The summed E-state index contributed by atoms with van der Waals surface area (Å²) in [6.07, 6.45) is 0. The molecule has 0 fully saturated rings. The van der Waals surface area contributed by atoms with Crippen LogP contribution in [0, 0.1) is 34.0 Å². The minimum absolute atomic E-state index is 0.224. The minimum Gasteiger partial charge on any atom is -0.192 e. The third-order valence-corrected chi connectivity index (χ3v) is 2.12. The molecule has 0 aliphatic heterocycles. The van der Waals surface area contributed by atoms with Crippen LogP contribution in [0.2, 0.25) is 0 Å². The Morgan fingerprint density at radius 1 is 0.846 bits per heavy atom. The molecule has 60 valence electrons. The van der Waals surface area contributed by atoms with Gasteiger partial charge in [-0.2, -0.15) is 15.8 Å². The second-order valence-corrected chi connectivity index (χ2v) is 3.07. The highest BCUT2D eigenvalue weighted by molar-refractivity contribution is 9.10. The molecule has 1 rings (SSSR count). The van der Waals surface area contributed by atoms with Crippen LogP contribution in [-0.2, 0) is 0 Å². The molecule has 3 nitrogen and oxygen atoms in total. The van der Waals surface area contributed by atoms with Crippen molar-refractivity contribution in [3.63, 3.8) is 0 Å². The van der Waals surface area contributed by atoms with Crippen LogP contribution < -0.4 is 0 Å². The number of benzene rings is 1. The van der Waals surface area contributed by atoms with Crippen molar-refractivity contribution in [1.29, 1.82) is 15.8 Å². The van der Waals surface area contributed by atoms with E-state index in [1.54, 1.807) is 0 Å². The van der Waals surface area contributed by atoms with E-state index in [1.165, 1.54) is 12.1 Å². The van der Waals surface area contributed by atoms with Crippen molar-refractivity contribution >= 4 is 15.9 Å². The van der Waals surface area contributed by atoms with Gasteiger partial charge in [0.05, 0.1) is 16.7 Å². The normalized spacial score (nSPS) is 8.15. The average Bonchev–Trinajstić information content (AvgIpc) is 2.17. The van der Waals surface area contributed by atoms with E-state index in [0.717, 1.165) is 0 Å². The number of rotatable bonds is 0.